The van der Waals surface area contributed by atoms with E-state index in [9.17, 15) is 0 Å². The predicted molar refractivity (Wildman–Crippen MR) is 67.0 cm³/mol. The van der Waals surface area contributed by atoms with Gasteiger partial charge >= 0.3 is 0 Å². The summed E-state index contributed by atoms with van der Waals surface area (Å²) in [5.74, 6) is 0. The van der Waals surface area contributed by atoms with E-state index in [1.165, 1.54) is 0 Å². The minimum Gasteiger partial charge on any atom is -0.253 e. The van der Waals surface area contributed by atoms with Crippen LogP contribution in [-0.4, -0.2) is 9.97 Å². The van der Waals surface area contributed by atoms with Gasteiger partial charge in [0.15, 0.2) is 0 Å². The van der Waals surface area contributed by atoms with Crippen LogP contribution in [0.3, 0.4) is 0 Å². The van der Waals surface area contributed by atoms with E-state index in [4.69, 9.17) is 0 Å². The van der Waals surface area contributed by atoms with Gasteiger partial charge in [-0.25, -0.2) is 4.98 Å². The van der Waals surface area contributed by atoms with Gasteiger partial charge in [-0.05, 0) is 19.1 Å². The number of para-hydroxylation sites is 2. The van der Waals surface area contributed by atoms with E-state index in [1.807, 2.05) is 58.9 Å². The first kappa shape index (κ1) is 13.6. The van der Waals surface area contributed by atoms with Crippen LogP contribution in [0.15, 0.2) is 30.5 Å². The summed E-state index contributed by atoms with van der Waals surface area (Å²) in [6.07, 6.45) is 1.78. The van der Waals surface area contributed by atoms with Crippen LogP contribution in [-0.2, 0) is 0 Å². The Labute approximate surface area is 92.4 Å². The zero-order valence-corrected chi connectivity index (χ0v) is 10.3. The molecule has 1 aromatic carbocycles. The Morgan fingerprint density at radius 2 is 1.40 bits per heavy atom. The molecule has 15 heavy (non-hydrogen) atoms. The maximum atomic E-state index is 4.31. The summed E-state index contributed by atoms with van der Waals surface area (Å²) in [6.45, 7) is 9.94. The third-order valence-corrected chi connectivity index (χ3v) is 1.57. The van der Waals surface area contributed by atoms with Crippen molar-refractivity contribution in [3.8, 4) is 0 Å². The van der Waals surface area contributed by atoms with E-state index in [2.05, 4.69) is 9.97 Å². The Hall–Kier alpha value is -1.44. The number of fused-ring (bicyclic) bond motifs is 1. The molecule has 0 atom stereocenters. The molecule has 0 saturated carbocycles. The van der Waals surface area contributed by atoms with Crippen molar-refractivity contribution in [2.45, 2.75) is 34.6 Å². The van der Waals surface area contributed by atoms with Gasteiger partial charge in [-0.1, -0.05) is 39.8 Å². The van der Waals surface area contributed by atoms with Crippen LogP contribution in [0.4, 0.5) is 0 Å². The molecule has 2 rings (SSSR count). The molecular formula is C13H20N2. The molecule has 0 N–H and O–H groups in total. The molecule has 0 aliphatic carbocycles. The van der Waals surface area contributed by atoms with E-state index in [1.54, 1.807) is 6.20 Å². The van der Waals surface area contributed by atoms with Gasteiger partial charge in [-0.3, -0.25) is 4.98 Å². The molecular weight excluding hydrogens is 184 g/mol. The first-order valence-corrected chi connectivity index (χ1v) is 5.55. The number of hydrogen-bond acceptors (Lipinski definition) is 2. The van der Waals surface area contributed by atoms with Crippen molar-refractivity contribution in [1.82, 2.24) is 9.97 Å². The minimum absolute atomic E-state index is 0.957. The Kier molecular flexibility index (Phi) is 7.16. The van der Waals surface area contributed by atoms with E-state index in [0.29, 0.717) is 0 Å². The van der Waals surface area contributed by atoms with Gasteiger partial charge in [0.05, 0.1) is 16.7 Å². The van der Waals surface area contributed by atoms with Crippen LogP contribution in [0.5, 0.6) is 0 Å². The third kappa shape index (κ3) is 4.07. The zero-order valence-electron chi connectivity index (χ0n) is 10.3. The lowest BCUT2D eigenvalue weighted by Crippen LogP contribution is -1.85. The van der Waals surface area contributed by atoms with Crippen molar-refractivity contribution in [3.63, 3.8) is 0 Å². The molecule has 0 amide bonds. The predicted octanol–water partition coefficient (Wildman–Crippen LogP) is 3.99. The van der Waals surface area contributed by atoms with Crippen molar-refractivity contribution in [2.75, 3.05) is 0 Å². The van der Waals surface area contributed by atoms with Crippen LogP contribution in [0.25, 0.3) is 11.0 Å². The SMILES string of the molecule is CC.CC.Cc1cnc2ccccc2n1. The Morgan fingerprint density at radius 1 is 0.867 bits per heavy atom. The van der Waals surface area contributed by atoms with Gasteiger partial charge in [0, 0.05) is 6.20 Å². The van der Waals surface area contributed by atoms with Crippen molar-refractivity contribution in [3.05, 3.63) is 36.2 Å². The van der Waals surface area contributed by atoms with Crippen molar-refractivity contribution >= 4 is 11.0 Å². The van der Waals surface area contributed by atoms with Crippen LogP contribution in [0.2, 0.25) is 0 Å². The van der Waals surface area contributed by atoms with E-state index in [-0.39, 0.29) is 0 Å². The normalized spacial score (nSPS) is 8.33. The van der Waals surface area contributed by atoms with Crippen molar-refractivity contribution in [2.24, 2.45) is 0 Å². The van der Waals surface area contributed by atoms with E-state index >= 15 is 0 Å². The van der Waals surface area contributed by atoms with Gasteiger partial charge in [-0.15, -0.1) is 0 Å². The van der Waals surface area contributed by atoms with Crippen LogP contribution >= 0.6 is 0 Å². The molecule has 0 aliphatic heterocycles. The molecule has 0 bridgehead atoms. The third-order valence-electron chi connectivity index (χ3n) is 1.57. The van der Waals surface area contributed by atoms with Gasteiger partial charge in [0.25, 0.3) is 0 Å². The molecule has 0 saturated heterocycles. The summed E-state index contributed by atoms with van der Waals surface area (Å²) in [4.78, 5) is 8.53. The Morgan fingerprint density at radius 3 is 2.00 bits per heavy atom. The molecule has 1 aromatic heterocycles. The highest BCUT2D eigenvalue weighted by Crippen LogP contribution is 2.06. The zero-order chi connectivity index (χ0) is 11.7. The van der Waals surface area contributed by atoms with Crippen LogP contribution in [0.1, 0.15) is 33.4 Å². The lowest BCUT2D eigenvalue weighted by Gasteiger charge is -1.95. The minimum atomic E-state index is 0.957. The second kappa shape index (κ2) is 7.92. The van der Waals surface area contributed by atoms with Gasteiger partial charge in [0.1, 0.15) is 0 Å². The second-order valence-corrected chi connectivity index (χ2v) is 2.50. The Balaban J connectivity index is 0.000000442. The average molecular weight is 204 g/mol. The Bertz CT molecular complexity index is 383. The fourth-order valence-corrected chi connectivity index (χ4v) is 1.05. The molecule has 2 aromatic rings. The van der Waals surface area contributed by atoms with Crippen molar-refractivity contribution in [1.29, 1.82) is 0 Å². The maximum Gasteiger partial charge on any atom is 0.0889 e. The lowest BCUT2D eigenvalue weighted by molar-refractivity contribution is 1.19. The summed E-state index contributed by atoms with van der Waals surface area (Å²) >= 11 is 0. The molecule has 2 heteroatoms. The number of rotatable bonds is 0. The highest BCUT2D eigenvalue weighted by Gasteiger charge is 1.92. The summed E-state index contributed by atoms with van der Waals surface area (Å²) in [7, 11) is 0. The van der Waals surface area contributed by atoms with Crippen molar-refractivity contribution < 1.29 is 0 Å². The summed E-state index contributed by atoms with van der Waals surface area (Å²) in [6, 6.07) is 7.86. The second-order valence-electron chi connectivity index (χ2n) is 2.50. The van der Waals surface area contributed by atoms with E-state index in [0.717, 1.165) is 16.7 Å². The van der Waals surface area contributed by atoms with Crippen LogP contribution < -0.4 is 0 Å². The van der Waals surface area contributed by atoms with Gasteiger partial charge < -0.3 is 0 Å². The summed E-state index contributed by atoms with van der Waals surface area (Å²) < 4.78 is 0. The molecule has 0 fully saturated rings. The molecule has 0 unspecified atom stereocenters. The molecule has 0 aliphatic rings. The standard InChI is InChI=1S/C9H8N2.2C2H6/c1-7-6-10-8-4-2-3-5-9(8)11-7;2*1-2/h2-6H,1H3;2*1-2H3. The number of benzene rings is 1. The van der Waals surface area contributed by atoms with E-state index < -0.39 is 0 Å². The van der Waals surface area contributed by atoms with Gasteiger partial charge in [-0.2, -0.15) is 0 Å². The average Bonchev–Trinajstić information content (AvgIpc) is 2.34. The number of hydrogen-bond donors (Lipinski definition) is 0. The maximum absolute atomic E-state index is 4.31. The highest BCUT2D eigenvalue weighted by atomic mass is 14.8. The van der Waals surface area contributed by atoms with Crippen LogP contribution in [0, 0.1) is 6.92 Å². The molecule has 0 radical (unpaired) electrons. The molecule has 0 spiro atoms. The number of aromatic nitrogens is 2. The first-order chi connectivity index (χ1) is 7.36. The molecule has 2 nitrogen and oxygen atoms in total. The number of nitrogens with zero attached hydrogens (tertiary/aromatic N) is 2. The summed E-state index contributed by atoms with van der Waals surface area (Å²) in [5, 5.41) is 0. The first-order valence-electron chi connectivity index (χ1n) is 5.55. The topological polar surface area (TPSA) is 25.8 Å². The summed E-state index contributed by atoms with van der Waals surface area (Å²) in [5.41, 5.74) is 2.88. The molecule has 82 valence electrons. The monoisotopic (exact) mass is 204 g/mol. The lowest BCUT2D eigenvalue weighted by atomic mass is 10.3. The molecule has 1 heterocycles. The largest absolute Gasteiger partial charge is 0.253 e. The smallest absolute Gasteiger partial charge is 0.0889 e. The highest BCUT2D eigenvalue weighted by molar-refractivity contribution is 5.73. The van der Waals surface area contributed by atoms with Gasteiger partial charge in [0.2, 0.25) is 0 Å². The quantitative estimate of drug-likeness (QED) is 0.648. The fraction of sp³-hybridized carbons (Fsp3) is 0.385. The number of aryl methyl sites for hydroxylation is 1. The fourth-order valence-electron chi connectivity index (χ4n) is 1.05.